The van der Waals surface area contributed by atoms with Gasteiger partial charge in [-0.2, -0.15) is 0 Å². The molecule has 0 heterocycles. The van der Waals surface area contributed by atoms with Gasteiger partial charge in [-0.3, -0.25) is 0 Å². The maximum absolute atomic E-state index is 2.39. The van der Waals surface area contributed by atoms with Crippen LogP contribution < -0.4 is 0 Å². The summed E-state index contributed by atoms with van der Waals surface area (Å²) in [5.41, 5.74) is 0. The molecule has 0 heteroatoms. The van der Waals surface area contributed by atoms with Crippen LogP contribution in [0.25, 0.3) is 0 Å². The number of hydrogen-bond donors (Lipinski definition) is 0. The van der Waals surface area contributed by atoms with Crippen LogP contribution in [0.2, 0.25) is 0 Å². The molecule has 3 saturated carbocycles. The van der Waals surface area contributed by atoms with Crippen molar-refractivity contribution in [3.8, 4) is 0 Å². The number of rotatable bonds is 5. The SMILES string of the molecule is CCC1CC2CC(CCCC3CC3)CCC12. The monoisotopic (exact) mass is 220 g/mol. The lowest BCUT2D eigenvalue weighted by atomic mass is 9.55. The van der Waals surface area contributed by atoms with E-state index in [1.807, 2.05) is 0 Å². The summed E-state index contributed by atoms with van der Waals surface area (Å²) in [5.74, 6) is 5.72. The Labute approximate surface area is 101 Å². The molecule has 0 nitrogen and oxygen atoms in total. The van der Waals surface area contributed by atoms with Crippen molar-refractivity contribution in [1.29, 1.82) is 0 Å². The highest BCUT2D eigenvalue weighted by Gasteiger charge is 2.42. The molecule has 4 atom stereocenters. The fourth-order valence-corrected chi connectivity index (χ4v) is 4.48. The molecule has 92 valence electrons. The molecule has 0 amide bonds. The molecule has 3 fully saturated rings. The molecule has 0 aliphatic heterocycles. The van der Waals surface area contributed by atoms with Gasteiger partial charge in [0.15, 0.2) is 0 Å². The van der Waals surface area contributed by atoms with Crippen LogP contribution in [0.4, 0.5) is 0 Å². The quantitative estimate of drug-likeness (QED) is 0.609. The van der Waals surface area contributed by atoms with Gasteiger partial charge >= 0.3 is 0 Å². The van der Waals surface area contributed by atoms with E-state index in [1.165, 1.54) is 6.42 Å². The Bertz CT molecular complexity index is 228. The van der Waals surface area contributed by atoms with Crippen LogP contribution in [-0.2, 0) is 0 Å². The van der Waals surface area contributed by atoms with Crippen LogP contribution >= 0.6 is 0 Å². The summed E-state index contributed by atoms with van der Waals surface area (Å²) in [6.07, 6.45) is 15.6. The van der Waals surface area contributed by atoms with Crippen molar-refractivity contribution >= 4 is 0 Å². The van der Waals surface area contributed by atoms with Crippen molar-refractivity contribution < 1.29 is 0 Å². The molecular formula is C16H28. The van der Waals surface area contributed by atoms with E-state index in [4.69, 9.17) is 0 Å². The summed E-state index contributed by atoms with van der Waals surface area (Å²) < 4.78 is 0. The van der Waals surface area contributed by atoms with Gasteiger partial charge in [0, 0.05) is 0 Å². The number of hydrogen-bond acceptors (Lipinski definition) is 0. The van der Waals surface area contributed by atoms with Crippen molar-refractivity contribution in [1.82, 2.24) is 0 Å². The molecule has 4 unspecified atom stereocenters. The predicted molar refractivity (Wildman–Crippen MR) is 69.3 cm³/mol. The summed E-state index contributed by atoms with van der Waals surface area (Å²) >= 11 is 0. The third-order valence-electron chi connectivity index (χ3n) is 5.81. The van der Waals surface area contributed by atoms with Crippen molar-refractivity contribution in [2.75, 3.05) is 0 Å². The first-order valence-electron chi connectivity index (χ1n) is 7.86. The zero-order chi connectivity index (χ0) is 11.0. The fraction of sp³-hybridized carbons (Fsp3) is 1.00. The lowest BCUT2D eigenvalue weighted by Gasteiger charge is -2.50. The molecule has 0 radical (unpaired) electrons. The highest BCUT2D eigenvalue weighted by atomic mass is 14.5. The Morgan fingerprint density at radius 1 is 0.875 bits per heavy atom. The van der Waals surface area contributed by atoms with Gasteiger partial charge in [-0.05, 0) is 48.9 Å². The van der Waals surface area contributed by atoms with Crippen molar-refractivity contribution in [3.63, 3.8) is 0 Å². The highest BCUT2D eigenvalue weighted by Crippen LogP contribution is 2.52. The summed E-state index contributed by atoms with van der Waals surface area (Å²) in [7, 11) is 0. The van der Waals surface area contributed by atoms with E-state index < -0.39 is 0 Å². The first-order valence-corrected chi connectivity index (χ1v) is 7.86. The van der Waals surface area contributed by atoms with E-state index in [1.54, 1.807) is 57.8 Å². The molecule has 3 rings (SSSR count). The maximum Gasteiger partial charge on any atom is -0.0357 e. The molecular weight excluding hydrogens is 192 g/mol. The minimum absolute atomic E-state index is 1.12. The van der Waals surface area contributed by atoms with Crippen molar-refractivity contribution in [2.45, 2.75) is 71.1 Å². The Morgan fingerprint density at radius 2 is 1.62 bits per heavy atom. The zero-order valence-electron chi connectivity index (χ0n) is 11.0. The van der Waals surface area contributed by atoms with E-state index >= 15 is 0 Å². The average Bonchev–Trinajstić information content (AvgIpc) is 3.05. The van der Waals surface area contributed by atoms with E-state index in [0.29, 0.717) is 0 Å². The molecule has 0 aromatic heterocycles. The second-order valence-corrected chi connectivity index (χ2v) is 6.88. The minimum Gasteiger partial charge on any atom is -0.0651 e. The van der Waals surface area contributed by atoms with Crippen LogP contribution in [0.15, 0.2) is 0 Å². The smallest absolute Gasteiger partial charge is 0.0357 e. The standard InChI is InChI=1S/C16H28/c1-2-14-11-15-10-13(8-9-16(14)15)5-3-4-12-6-7-12/h12-16H,2-11H2,1H3. The minimum atomic E-state index is 1.12. The van der Waals surface area contributed by atoms with Crippen molar-refractivity contribution in [2.24, 2.45) is 29.6 Å². The van der Waals surface area contributed by atoms with Gasteiger partial charge in [0.2, 0.25) is 0 Å². The molecule has 0 bridgehead atoms. The highest BCUT2D eigenvalue weighted by molar-refractivity contribution is 4.93. The molecule has 3 aliphatic carbocycles. The van der Waals surface area contributed by atoms with Crippen LogP contribution in [0.5, 0.6) is 0 Å². The van der Waals surface area contributed by atoms with E-state index in [0.717, 1.165) is 29.6 Å². The molecule has 0 N–H and O–H groups in total. The second kappa shape index (κ2) is 4.70. The van der Waals surface area contributed by atoms with Crippen LogP contribution in [0, 0.1) is 29.6 Å². The normalized spacial score (nSPS) is 42.6. The molecule has 0 aromatic rings. The third kappa shape index (κ3) is 2.31. The molecule has 0 spiro atoms. The Hall–Kier alpha value is 0. The van der Waals surface area contributed by atoms with Gasteiger partial charge in [-0.25, -0.2) is 0 Å². The average molecular weight is 220 g/mol. The largest absolute Gasteiger partial charge is 0.0651 e. The van der Waals surface area contributed by atoms with E-state index in [-0.39, 0.29) is 0 Å². The lowest BCUT2D eigenvalue weighted by molar-refractivity contribution is 0.00235. The van der Waals surface area contributed by atoms with E-state index in [2.05, 4.69) is 6.92 Å². The Kier molecular flexibility index (Phi) is 3.27. The van der Waals surface area contributed by atoms with Gasteiger partial charge < -0.3 is 0 Å². The summed E-state index contributed by atoms with van der Waals surface area (Å²) in [6, 6.07) is 0. The first kappa shape index (κ1) is 11.1. The summed E-state index contributed by atoms with van der Waals surface area (Å²) in [5, 5.41) is 0. The van der Waals surface area contributed by atoms with Gasteiger partial charge in [0.05, 0.1) is 0 Å². The topological polar surface area (TPSA) is 0 Å². The van der Waals surface area contributed by atoms with Crippen LogP contribution in [0.1, 0.15) is 71.1 Å². The van der Waals surface area contributed by atoms with E-state index in [9.17, 15) is 0 Å². The maximum atomic E-state index is 2.39. The second-order valence-electron chi connectivity index (χ2n) is 6.88. The molecule has 16 heavy (non-hydrogen) atoms. The van der Waals surface area contributed by atoms with Crippen LogP contribution in [-0.4, -0.2) is 0 Å². The molecule has 3 aliphatic rings. The van der Waals surface area contributed by atoms with Gasteiger partial charge in [-0.1, -0.05) is 51.9 Å². The Balaban J connectivity index is 1.36. The third-order valence-corrected chi connectivity index (χ3v) is 5.81. The van der Waals surface area contributed by atoms with Gasteiger partial charge in [-0.15, -0.1) is 0 Å². The molecule has 0 aromatic carbocycles. The lowest BCUT2D eigenvalue weighted by Crippen LogP contribution is -2.40. The predicted octanol–water partition coefficient (Wildman–Crippen LogP) is 5.03. The Morgan fingerprint density at radius 3 is 2.31 bits per heavy atom. The zero-order valence-corrected chi connectivity index (χ0v) is 11.0. The van der Waals surface area contributed by atoms with Gasteiger partial charge in [0.1, 0.15) is 0 Å². The van der Waals surface area contributed by atoms with Crippen LogP contribution in [0.3, 0.4) is 0 Å². The fourth-order valence-electron chi connectivity index (χ4n) is 4.48. The van der Waals surface area contributed by atoms with Gasteiger partial charge in [0.25, 0.3) is 0 Å². The summed E-state index contributed by atoms with van der Waals surface area (Å²) in [6.45, 7) is 2.39. The summed E-state index contributed by atoms with van der Waals surface area (Å²) in [4.78, 5) is 0. The number of fused-ring (bicyclic) bond motifs is 1. The first-order chi connectivity index (χ1) is 7.86. The molecule has 0 saturated heterocycles. The van der Waals surface area contributed by atoms with Crippen molar-refractivity contribution in [3.05, 3.63) is 0 Å².